The molecule has 0 bridgehead atoms. The first kappa shape index (κ1) is 19.1. The van der Waals surface area contributed by atoms with Crippen LogP contribution in [0.2, 0.25) is 0 Å². The number of rotatable bonds is 5. The molecule has 6 nitrogen and oxygen atoms in total. The second-order valence-electron chi connectivity index (χ2n) is 6.41. The van der Waals surface area contributed by atoms with Crippen molar-refractivity contribution in [3.05, 3.63) is 29.8 Å². The third-order valence-electron chi connectivity index (χ3n) is 4.41. The van der Waals surface area contributed by atoms with Crippen LogP contribution in [-0.2, 0) is 0 Å². The highest BCUT2D eigenvalue weighted by atomic mass is 19.4. The Morgan fingerprint density at radius 3 is 2.44 bits per heavy atom. The Bertz CT molecular complexity index is 796. The summed E-state index contributed by atoms with van der Waals surface area (Å²) in [6.07, 6.45) is -2.64. The van der Waals surface area contributed by atoms with Gasteiger partial charge in [-0.05, 0) is 37.1 Å². The van der Waals surface area contributed by atoms with Gasteiger partial charge in [0.05, 0.1) is 7.11 Å². The van der Waals surface area contributed by atoms with Crippen molar-refractivity contribution in [3.8, 4) is 17.1 Å². The first-order chi connectivity index (χ1) is 12.8. The maximum Gasteiger partial charge on any atom is 0.406 e. The fourth-order valence-corrected chi connectivity index (χ4v) is 3.09. The quantitative estimate of drug-likeness (QED) is 0.790. The first-order valence-corrected chi connectivity index (χ1v) is 8.51. The predicted molar refractivity (Wildman–Crippen MR) is 93.0 cm³/mol. The fourth-order valence-electron chi connectivity index (χ4n) is 3.09. The molecule has 146 valence electrons. The largest absolute Gasteiger partial charge is 0.497 e. The zero-order chi connectivity index (χ0) is 19.6. The van der Waals surface area contributed by atoms with E-state index in [-0.39, 0.29) is 17.1 Å². The van der Waals surface area contributed by atoms with E-state index >= 15 is 0 Å². The summed E-state index contributed by atoms with van der Waals surface area (Å²) in [5.74, 6) is 0.275. The Hall–Kier alpha value is -2.71. The van der Waals surface area contributed by atoms with Crippen molar-refractivity contribution in [1.29, 1.82) is 0 Å². The van der Waals surface area contributed by atoms with E-state index in [0.717, 1.165) is 19.9 Å². The van der Waals surface area contributed by atoms with Gasteiger partial charge in [-0.25, -0.2) is 0 Å². The van der Waals surface area contributed by atoms with Crippen molar-refractivity contribution in [2.75, 3.05) is 38.7 Å². The second kappa shape index (κ2) is 7.50. The molecule has 1 aliphatic heterocycles. The summed E-state index contributed by atoms with van der Waals surface area (Å²) < 4.78 is 48.8. The summed E-state index contributed by atoms with van der Waals surface area (Å²) in [4.78, 5) is 15.4. The van der Waals surface area contributed by atoms with Gasteiger partial charge in [-0.15, -0.1) is 0 Å². The Morgan fingerprint density at radius 2 is 1.89 bits per heavy atom. The summed E-state index contributed by atoms with van der Waals surface area (Å²) in [6.45, 7) is 0.00814. The summed E-state index contributed by atoms with van der Waals surface area (Å²) in [5, 5.41) is 4.01. The Labute approximate surface area is 154 Å². The van der Waals surface area contributed by atoms with Crippen LogP contribution >= 0.6 is 0 Å². The van der Waals surface area contributed by atoms with Gasteiger partial charge in [0.15, 0.2) is 11.6 Å². The molecule has 27 heavy (non-hydrogen) atoms. The van der Waals surface area contributed by atoms with Crippen LogP contribution in [0.1, 0.15) is 23.2 Å². The number of carbonyl (C=O) groups excluding carboxylic acids is 1. The van der Waals surface area contributed by atoms with Crippen LogP contribution in [0.5, 0.6) is 5.75 Å². The van der Waals surface area contributed by atoms with Gasteiger partial charge in [0, 0.05) is 25.7 Å². The molecule has 1 amide bonds. The Balaban J connectivity index is 2.01. The molecule has 0 saturated carbocycles. The molecular formula is C18H20F3N3O3. The normalized spacial score (nSPS) is 14.5. The molecule has 1 aliphatic rings. The van der Waals surface area contributed by atoms with E-state index in [9.17, 15) is 18.0 Å². The van der Waals surface area contributed by atoms with Gasteiger partial charge in [0.1, 0.15) is 17.9 Å². The van der Waals surface area contributed by atoms with Crippen LogP contribution in [0, 0.1) is 0 Å². The number of carbonyl (C=O) groups is 1. The number of benzene rings is 1. The topological polar surface area (TPSA) is 58.8 Å². The van der Waals surface area contributed by atoms with E-state index < -0.39 is 18.6 Å². The third kappa shape index (κ3) is 4.17. The predicted octanol–water partition coefficient (Wildman–Crippen LogP) is 3.58. The lowest BCUT2D eigenvalue weighted by molar-refractivity contribution is -0.138. The zero-order valence-corrected chi connectivity index (χ0v) is 15.0. The number of ether oxygens (including phenoxy) is 1. The van der Waals surface area contributed by atoms with E-state index in [1.165, 1.54) is 7.11 Å². The van der Waals surface area contributed by atoms with Crippen molar-refractivity contribution in [2.45, 2.75) is 19.0 Å². The lowest BCUT2D eigenvalue weighted by Crippen LogP contribution is -2.36. The number of amides is 1. The Morgan fingerprint density at radius 1 is 1.26 bits per heavy atom. The molecule has 1 aromatic heterocycles. The van der Waals surface area contributed by atoms with Crippen molar-refractivity contribution >= 4 is 11.7 Å². The molecule has 2 heterocycles. The minimum absolute atomic E-state index is 0.0498. The molecule has 0 radical (unpaired) electrons. The van der Waals surface area contributed by atoms with Gasteiger partial charge in [-0.3, -0.25) is 4.79 Å². The van der Waals surface area contributed by atoms with Crippen LogP contribution in [0.15, 0.2) is 28.8 Å². The average Bonchev–Trinajstić information content (AvgIpc) is 3.29. The number of hydrogen-bond acceptors (Lipinski definition) is 5. The minimum Gasteiger partial charge on any atom is -0.497 e. The fraction of sp³-hybridized carbons (Fsp3) is 0.444. The molecule has 0 N–H and O–H groups in total. The molecule has 9 heteroatoms. The van der Waals surface area contributed by atoms with Crippen molar-refractivity contribution in [3.63, 3.8) is 0 Å². The number of alkyl halides is 3. The van der Waals surface area contributed by atoms with Gasteiger partial charge in [-0.1, -0.05) is 5.16 Å². The summed E-state index contributed by atoms with van der Waals surface area (Å²) >= 11 is 0. The lowest BCUT2D eigenvalue weighted by atomic mass is 10.1. The maximum absolute atomic E-state index is 12.9. The van der Waals surface area contributed by atoms with Crippen molar-refractivity contribution in [1.82, 2.24) is 10.1 Å². The number of anilines is 1. The molecule has 2 aromatic rings. The highest BCUT2D eigenvalue weighted by Crippen LogP contribution is 2.35. The van der Waals surface area contributed by atoms with Gasteiger partial charge in [0.25, 0.3) is 5.91 Å². The van der Waals surface area contributed by atoms with Crippen LogP contribution in [0.25, 0.3) is 11.3 Å². The van der Waals surface area contributed by atoms with Gasteiger partial charge < -0.3 is 19.1 Å². The molecule has 0 aliphatic carbocycles. The van der Waals surface area contributed by atoms with Crippen LogP contribution < -0.4 is 9.64 Å². The van der Waals surface area contributed by atoms with Crippen LogP contribution in [0.3, 0.4) is 0 Å². The van der Waals surface area contributed by atoms with Gasteiger partial charge in [0.2, 0.25) is 0 Å². The van der Waals surface area contributed by atoms with Crippen LogP contribution in [-0.4, -0.2) is 55.9 Å². The molecule has 0 spiro atoms. The summed E-state index contributed by atoms with van der Waals surface area (Å²) in [7, 11) is 2.64. The van der Waals surface area contributed by atoms with E-state index in [2.05, 4.69) is 5.16 Å². The molecule has 3 rings (SSSR count). The van der Waals surface area contributed by atoms with E-state index in [1.807, 2.05) is 4.90 Å². The number of methoxy groups -OCH3 is 1. The lowest BCUT2D eigenvalue weighted by Gasteiger charge is -2.21. The minimum atomic E-state index is -4.49. The van der Waals surface area contributed by atoms with Gasteiger partial charge >= 0.3 is 6.18 Å². The molecule has 0 atom stereocenters. The highest BCUT2D eigenvalue weighted by Gasteiger charge is 2.36. The van der Waals surface area contributed by atoms with Crippen molar-refractivity contribution in [2.24, 2.45) is 0 Å². The number of aromatic nitrogens is 1. The number of hydrogen-bond donors (Lipinski definition) is 0. The first-order valence-electron chi connectivity index (χ1n) is 8.51. The smallest absolute Gasteiger partial charge is 0.406 e. The van der Waals surface area contributed by atoms with Gasteiger partial charge in [-0.2, -0.15) is 13.2 Å². The van der Waals surface area contributed by atoms with Crippen molar-refractivity contribution < 1.29 is 27.2 Å². The monoisotopic (exact) mass is 383 g/mol. The standard InChI is InChI=1S/C18H20F3N3O3/c1-23(11-18(19,20)21)17(25)14-15(12-5-7-13(26-2)8-6-12)27-22-16(14)24-9-3-4-10-24/h5-8H,3-4,9-11H2,1-2H3. The second-order valence-corrected chi connectivity index (χ2v) is 6.41. The number of halogens is 3. The summed E-state index contributed by atoms with van der Waals surface area (Å²) in [5.41, 5.74) is 0.589. The molecular weight excluding hydrogens is 363 g/mol. The molecule has 1 aromatic carbocycles. The van der Waals surface area contributed by atoms with E-state index in [0.29, 0.717) is 29.3 Å². The zero-order valence-electron chi connectivity index (χ0n) is 15.0. The highest BCUT2D eigenvalue weighted by molar-refractivity contribution is 6.04. The van der Waals surface area contributed by atoms with E-state index in [1.54, 1.807) is 24.3 Å². The number of nitrogens with zero attached hydrogens (tertiary/aromatic N) is 3. The van der Waals surface area contributed by atoms with E-state index in [4.69, 9.17) is 9.26 Å². The molecule has 1 fully saturated rings. The molecule has 1 saturated heterocycles. The Kier molecular flexibility index (Phi) is 5.29. The third-order valence-corrected chi connectivity index (χ3v) is 4.41. The SMILES string of the molecule is COc1ccc(-c2onc(N3CCCC3)c2C(=O)N(C)CC(F)(F)F)cc1. The summed E-state index contributed by atoms with van der Waals surface area (Å²) in [6, 6.07) is 6.71. The maximum atomic E-state index is 12.9. The molecule has 0 unspecified atom stereocenters. The van der Waals surface area contributed by atoms with Crippen LogP contribution in [0.4, 0.5) is 19.0 Å². The average molecular weight is 383 g/mol.